The summed E-state index contributed by atoms with van der Waals surface area (Å²) in [5.41, 5.74) is 3.54. The smallest absolute Gasteiger partial charge is 0.253 e. The van der Waals surface area contributed by atoms with Crippen LogP contribution >= 0.6 is 0 Å². The topological polar surface area (TPSA) is 71.5 Å². The molecule has 1 amide bonds. The Morgan fingerprint density at radius 2 is 1.92 bits per heavy atom. The lowest BCUT2D eigenvalue weighted by atomic mass is 10.1. The van der Waals surface area contributed by atoms with Gasteiger partial charge < -0.3 is 15.2 Å². The van der Waals surface area contributed by atoms with Crippen molar-refractivity contribution in [2.75, 3.05) is 7.11 Å². The first kappa shape index (κ1) is 17.6. The van der Waals surface area contributed by atoms with Gasteiger partial charge in [-0.25, -0.2) is 0 Å². The Labute approximate surface area is 152 Å². The van der Waals surface area contributed by atoms with Crippen LogP contribution in [0.1, 0.15) is 17.2 Å². The molecule has 1 unspecified atom stereocenters. The van der Waals surface area contributed by atoms with Gasteiger partial charge in [0.1, 0.15) is 5.75 Å². The van der Waals surface area contributed by atoms with E-state index in [9.17, 15) is 9.90 Å². The molecule has 0 spiro atoms. The highest BCUT2D eigenvalue weighted by Crippen LogP contribution is 2.20. The van der Waals surface area contributed by atoms with E-state index in [-0.39, 0.29) is 0 Å². The molecule has 5 nitrogen and oxygen atoms in total. The number of carbonyl (C=O) groups excluding carboxylic acids is 1. The molecular weight excluding hydrogens is 328 g/mol. The van der Waals surface area contributed by atoms with Crippen LogP contribution in [0.3, 0.4) is 0 Å². The number of aromatic nitrogens is 1. The quantitative estimate of drug-likeness (QED) is 0.718. The molecule has 0 fully saturated rings. The normalized spacial score (nSPS) is 11.6. The third-order valence-electron chi connectivity index (χ3n) is 4.07. The zero-order valence-corrected chi connectivity index (χ0v) is 14.4. The van der Waals surface area contributed by atoms with Crippen LogP contribution in [0.5, 0.6) is 5.75 Å². The molecule has 0 saturated heterocycles. The number of carbonyl (C=O) groups is 1. The zero-order valence-electron chi connectivity index (χ0n) is 14.4. The van der Waals surface area contributed by atoms with Crippen molar-refractivity contribution >= 4 is 5.91 Å². The van der Waals surface area contributed by atoms with E-state index in [0.717, 1.165) is 16.7 Å². The van der Waals surface area contributed by atoms with Crippen molar-refractivity contribution < 1.29 is 14.6 Å². The molecule has 3 rings (SSSR count). The van der Waals surface area contributed by atoms with E-state index in [1.165, 1.54) is 0 Å². The fourth-order valence-corrected chi connectivity index (χ4v) is 2.60. The molecule has 1 heterocycles. The minimum atomic E-state index is -1.24. The minimum absolute atomic E-state index is 0.340. The molecule has 26 heavy (non-hydrogen) atoms. The molecule has 2 N–H and O–H groups in total. The van der Waals surface area contributed by atoms with Gasteiger partial charge in [-0.1, -0.05) is 42.5 Å². The van der Waals surface area contributed by atoms with Gasteiger partial charge in [0, 0.05) is 18.9 Å². The van der Waals surface area contributed by atoms with Gasteiger partial charge in [-0.15, -0.1) is 0 Å². The van der Waals surface area contributed by atoms with E-state index in [1.807, 2.05) is 36.4 Å². The third-order valence-corrected chi connectivity index (χ3v) is 4.07. The molecule has 5 heteroatoms. The molecule has 0 aliphatic rings. The second-order valence-electron chi connectivity index (χ2n) is 5.84. The Bertz CT molecular complexity index is 864. The predicted octanol–water partition coefficient (Wildman–Crippen LogP) is 3.11. The van der Waals surface area contributed by atoms with Gasteiger partial charge in [0.15, 0.2) is 6.10 Å². The summed E-state index contributed by atoms with van der Waals surface area (Å²) in [6, 6.07) is 18.6. The monoisotopic (exact) mass is 348 g/mol. The van der Waals surface area contributed by atoms with Gasteiger partial charge in [0.25, 0.3) is 5.91 Å². The number of ether oxygens (including phenoxy) is 1. The number of nitrogens with one attached hydrogen (secondary N) is 1. The minimum Gasteiger partial charge on any atom is -0.497 e. The van der Waals surface area contributed by atoms with E-state index in [2.05, 4.69) is 10.3 Å². The zero-order chi connectivity index (χ0) is 18.4. The van der Waals surface area contributed by atoms with Gasteiger partial charge in [0.2, 0.25) is 0 Å². The van der Waals surface area contributed by atoms with Crippen molar-refractivity contribution in [1.29, 1.82) is 0 Å². The lowest BCUT2D eigenvalue weighted by molar-refractivity contribution is -0.129. The number of rotatable bonds is 6. The van der Waals surface area contributed by atoms with Crippen LogP contribution in [0.2, 0.25) is 0 Å². The lowest BCUT2D eigenvalue weighted by Gasteiger charge is -2.13. The van der Waals surface area contributed by atoms with Crippen LogP contribution in [0, 0.1) is 0 Å². The number of hydrogen-bond donors (Lipinski definition) is 2. The molecule has 0 saturated carbocycles. The van der Waals surface area contributed by atoms with Crippen LogP contribution in [-0.2, 0) is 11.3 Å². The summed E-state index contributed by atoms with van der Waals surface area (Å²) in [4.78, 5) is 16.3. The van der Waals surface area contributed by atoms with Crippen molar-refractivity contribution in [2.45, 2.75) is 12.6 Å². The number of aliphatic hydroxyl groups excluding tert-OH is 1. The summed E-state index contributed by atoms with van der Waals surface area (Å²) in [5.74, 6) is 0.148. The fraction of sp³-hybridized carbons (Fsp3) is 0.143. The second-order valence-corrected chi connectivity index (χ2v) is 5.84. The fourth-order valence-electron chi connectivity index (χ4n) is 2.60. The average molecular weight is 348 g/mol. The maximum absolute atomic E-state index is 12.2. The molecule has 1 atom stereocenters. The van der Waals surface area contributed by atoms with Gasteiger partial charge in [-0.3, -0.25) is 9.78 Å². The summed E-state index contributed by atoms with van der Waals surface area (Å²) < 4.78 is 5.11. The van der Waals surface area contributed by atoms with Crippen LogP contribution in [0.15, 0.2) is 73.1 Å². The SMILES string of the molecule is COc1cccc(C(O)C(=O)NCc2ccc(-c3cccnc3)cc2)c1. The van der Waals surface area contributed by atoms with Crippen molar-refractivity contribution in [2.24, 2.45) is 0 Å². The number of aliphatic hydroxyl groups is 1. The third kappa shape index (κ3) is 4.26. The molecular formula is C21H20N2O3. The van der Waals surface area contributed by atoms with E-state index in [4.69, 9.17) is 4.74 Å². The van der Waals surface area contributed by atoms with Crippen LogP contribution < -0.4 is 10.1 Å². The molecule has 0 bridgehead atoms. The Morgan fingerprint density at radius 1 is 1.12 bits per heavy atom. The maximum Gasteiger partial charge on any atom is 0.253 e. The van der Waals surface area contributed by atoms with E-state index < -0.39 is 12.0 Å². The molecule has 0 aliphatic heterocycles. The highest BCUT2D eigenvalue weighted by molar-refractivity contribution is 5.82. The van der Waals surface area contributed by atoms with Crippen LogP contribution in [0.25, 0.3) is 11.1 Å². The number of pyridine rings is 1. The number of amides is 1. The van der Waals surface area contributed by atoms with Crippen molar-refractivity contribution in [3.63, 3.8) is 0 Å². The number of hydrogen-bond acceptors (Lipinski definition) is 4. The molecule has 3 aromatic rings. The Hall–Kier alpha value is -3.18. The number of methoxy groups -OCH3 is 1. The van der Waals surface area contributed by atoms with E-state index in [0.29, 0.717) is 17.9 Å². The van der Waals surface area contributed by atoms with Gasteiger partial charge in [0.05, 0.1) is 7.11 Å². The van der Waals surface area contributed by atoms with Crippen LogP contribution in [0.4, 0.5) is 0 Å². The Morgan fingerprint density at radius 3 is 2.62 bits per heavy atom. The van der Waals surface area contributed by atoms with Crippen molar-refractivity contribution in [1.82, 2.24) is 10.3 Å². The highest BCUT2D eigenvalue weighted by Gasteiger charge is 2.17. The average Bonchev–Trinajstić information content (AvgIpc) is 2.72. The van der Waals surface area contributed by atoms with Crippen LogP contribution in [-0.4, -0.2) is 23.1 Å². The van der Waals surface area contributed by atoms with Crippen molar-refractivity contribution in [3.05, 3.63) is 84.2 Å². The maximum atomic E-state index is 12.2. The Kier molecular flexibility index (Phi) is 5.61. The molecule has 132 valence electrons. The molecule has 0 aliphatic carbocycles. The standard InChI is InChI=1S/C21H20N2O3/c1-26-19-6-2-4-17(12-19)20(24)21(25)23-13-15-7-9-16(10-8-15)18-5-3-11-22-14-18/h2-12,14,20,24H,13H2,1H3,(H,23,25). The van der Waals surface area contributed by atoms with Gasteiger partial charge in [-0.05, 0) is 40.5 Å². The summed E-state index contributed by atoms with van der Waals surface area (Å²) >= 11 is 0. The first-order valence-corrected chi connectivity index (χ1v) is 8.26. The first-order valence-electron chi connectivity index (χ1n) is 8.26. The second kappa shape index (κ2) is 8.27. The molecule has 1 aromatic heterocycles. The molecule has 2 aromatic carbocycles. The molecule has 0 radical (unpaired) electrons. The summed E-state index contributed by atoms with van der Waals surface area (Å²) in [7, 11) is 1.54. The lowest BCUT2D eigenvalue weighted by Crippen LogP contribution is -2.28. The first-order chi connectivity index (χ1) is 12.7. The summed E-state index contributed by atoms with van der Waals surface area (Å²) in [5, 5.41) is 13.0. The largest absolute Gasteiger partial charge is 0.497 e. The highest BCUT2D eigenvalue weighted by atomic mass is 16.5. The van der Waals surface area contributed by atoms with E-state index in [1.54, 1.807) is 43.8 Å². The predicted molar refractivity (Wildman–Crippen MR) is 99.5 cm³/mol. The number of benzene rings is 2. The van der Waals surface area contributed by atoms with Gasteiger partial charge in [-0.2, -0.15) is 0 Å². The van der Waals surface area contributed by atoms with Crippen molar-refractivity contribution in [3.8, 4) is 16.9 Å². The summed E-state index contributed by atoms with van der Waals surface area (Å²) in [6.07, 6.45) is 2.31. The summed E-state index contributed by atoms with van der Waals surface area (Å²) in [6.45, 7) is 0.340. The Balaban J connectivity index is 1.60. The number of nitrogens with zero attached hydrogens (tertiary/aromatic N) is 1. The van der Waals surface area contributed by atoms with Gasteiger partial charge >= 0.3 is 0 Å². The van der Waals surface area contributed by atoms with E-state index >= 15 is 0 Å².